The summed E-state index contributed by atoms with van der Waals surface area (Å²) in [5.41, 5.74) is 0.167. The number of nitrogens with one attached hydrogen (secondary N) is 1. The Bertz CT molecular complexity index is 707. The van der Waals surface area contributed by atoms with Crippen molar-refractivity contribution in [2.75, 3.05) is 13.2 Å². The first-order valence-electron chi connectivity index (χ1n) is 6.38. The second-order valence-corrected chi connectivity index (χ2v) is 4.41. The Balaban J connectivity index is 1.77. The Morgan fingerprint density at radius 3 is 2.82 bits per heavy atom. The molecule has 0 aromatic carbocycles. The number of ether oxygens (including phenoxy) is 1. The van der Waals surface area contributed by atoms with Crippen molar-refractivity contribution in [1.82, 2.24) is 19.5 Å². The van der Waals surface area contributed by atoms with Crippen LogP contribution < -0.4 is 11.0 Å². The molecule has 0 aliphatic carbocycles. The lowest BCUT2D eigenvalue weighted by Gasteiger charge is -2.08. The lowest BCUT2D eigenvalue weighted by atomic mass is 10.4. The summed E-state index contributed by atoms with van der Waals surface area (Å²) >= 11 is 0. The minimum atomic E-state index is -4.55. The first-order chi connectivity index (χ1) is 10.4. The smallest absolute Gasteiger partial charge is 0.422 e. The quantitative estimate of drug-likeness (QED) is 0.840. The highest BCUT2D eigenvalue weighted by Gasteiger charge is 2.29. The Labute approximate surface area is 122 Å². The van der Waals surface area contributed by atoms with Gasteiger partial charge in [-0.25, -0.2) is 14.3 Å². The first kappa shape index (κ1) is 15.9. The van der Waals surface area contributed by atoms with Crippen LogP contribution in [-0.4, -0.2) is 39.6 Å². The van der Waals surface area contributed by atoms with Gasteiger partial charge in [0.05, 0.1) is 0 Å². The number of nitrogens with zero attached hydrogens (tertiary/aromatic N) is 3. The second-order valence-electron chi connectivity index (χ2n) is 4.41. The summed E-state index contributed by atoms with van der Waals surface area (Å²) in [6.45, 7) is -1.35. The molecule has 0 aliphatic heterocycles. The van der Waals surface area contributed by atoms with Gasteiger partial charge in [-0.05, 0) is 18.6 Å². The Morgan fingerprint density at radius 1 is 1.36 bits per heavy atom. The number of carbonyl (C=O) groups is 1. The number of carbonyl (C=O) groups excluding carboxylic acids is 1. The average Bonchev–Trinajstić information content (AvgIpc) is 2.78. The summed E-state index contributed by atoms with van der Waals surface area (Å²) in [7, 11) is 0. The molecular formula is C12H13F3N4O3. The van der Waals surface area contributed by atoms with Crippen molar-refractivity contribution in [3.05, 3.63) is 34.9 Å². The van der Waals surface area contributed by atoms with E-state index >= 15 is 0 Å². The van der Waals surface area contributed by atoms with E-state index in [2.05, 4.69) is 15.2 Å². The molecule has 1 amide bonds. The van der Waals surface area contributed by atoms with E-state index in [1.165, 1.54) is 9.08 Å². The van der Waals surface area contributed by atoms with Crippen LogP contribution in [0.5, 0.6) is 0 Å². The molecule has 1 N–H and O–H groups in total. The molecule has 2 rings (SSSR count). The second kappa shape index (κ2) is 6.50. The summed E-state index contributed by atoms with van der Waals surface area (Å²) in [4.78, 5) is 22.9. The van der Waals surface area contributed by atoms with E-state index in [1.807, 2.05) is 0 Å². The standard InChI is InChI=1S/C12H13F3N4O3/c13-12(14,15)8-22-10(20)16-5-3-7-19-11(21)18-6-2-1-4-9(18)17-19/h1-2,4,6H,3,5,7-8H2,(H,16,20). The van der Waals surface area contributed by atoms with E-state index in [-0.39, 0.29) is 18.8 Å². The molecule has 2 aromatic rings. The maximum atomic E-state index is 11.9. The number of fused-ring (bicyclic) bond motifs is 1. The highest BCUT2D eigenvalue weighted by atomic mass is 19.4. The van der Waals surface area contributed by atoms with Crippen molar-refractivity contribution >= 4 is 11.7 Å². The predicted molar refractivity (Wildman–Crippen MR) is 69.5 cm³/mol. The zero-order valence-electron chi connectivity index (χ0n) is 11.3. The van der Waals surface area contributed by atoms with Gasteiger partial charge >= 0.3 is 18.0 Å². The molecule has 22 heavy (non-hydrogen) atoms. The maximum Gasteiger partial charge on any atom is 0.422 e. The zero-order chi connectivity index (χ0) is 16.2. The van der Waals surface area contributed by atoms with Crippen LogP contribution in [-0.2, 0) is 11.3 Å². The summed E-state index contributed by atoms with van der Waals surface area (Å²) in [6, 6.07) is 5.10. The van der Waals surface area contributed by atoms with E-state index in [0.29, 0.717) is 12.1 Å². The third-order valence-electron chi connectivity index (χ3n) is 2.67. The molecule has 0 saturated carbocycles. The van der Waals surface area contributed by atoms with Crippen LogP contribution in [0.25, 0.3) is 5.65 Å². The fraction of sp³-hybridized carbons (Fsp3) is 0.417. The third kappa shape index (κ3) is 4.24. The first-order valence-corrected chi connectivity index (χ1v) is 6.38. The van der Waals surface area contributed by atoms with Crippen molar-refractivity contribution in [1.29, 1.82) is 0 Å². The molecule has 7 nitrogen and oxygen atoms in total. The minimum Gasteiger partial charge on any atom is -0.440 e. The summed E-state index contributed by atoms with van der Waals surface area (Å²) < 4.78 is 42.0. The van der Waals surface area contributed by atoms with Gasteiger partial charge in [-0.1, -0.05) is 6.07 Å². The van der Waals surface area contributed by atoms with Gasteiger partial charge in [0.1, 0.15) is 0 Å². The molecule has 0 radical (unpaired) electrons. The van der Waals surface area contributed by atoms with Gasteiger partial charge in [-0.2, -0.15) is 13.2 Å². The Morgan fingerprint density at radius 2 is 2.14 bits per heavy atom. The monoisotopic (exact) mass is 318 g/mol. The van der Waals surface area contributed by atoms with Crippen molar-refractivity contribution in [2.24, 2.45) is 0 Å². The van der Waals surface area contributed by atoms with Crippen LogP contribution in [0.3, 0.4) is 0 Å². The van der Waals surface area contributed by atoms with E-state index in [1.54, 1.807) is 24.4 Å². The lowest BCUT2D eigenvalue weighted by molar-refractivity contribution is -0.160. The average molecular weight is 318 g/mol. The molecule has 10 heteroatoms. The van der Waals surface area contributed by atoms with Crippen LogP contribution in [0.4, 0.5) is 18.0 Å². The lowest BCUT2D eigenvalue weighted by Crippen LogP contribution is -2.30. The highest BCUT2D eigenvalue weighted by molar-refractivity contribution is 5.67. The largest absolute Gasteiger partial charge is 0.440 e. The van der Waals surface area contributed by atoms with E-state index < -0.39 is 18.9 Å². The fourth-order valence-corrected chi connectivity index (χ4v) is 1.73. The van der Waals surface area contributed by atoms with Crippen LogP contribution >= 0.6 is 0 Å². The summed E-state index contributed by atoms with van der Waals surface area (Å²) in [6.07, 6.45) is -3.81. The normalized spacial score (nSPS) is 11.6. The Hall–Kier alpha value is -2.52. The summed E-state index contributed by atoms with van der Waals surface area (Å²) in [5, 5.41) is 6.24. The molecule has 0 bridgehead atoms. The Kier molecular flexibility index (Phi) is 4.68. The van der Waals surface area contributed by atoms with Crippen LogP contribution in [0.1, 0.15) is 6.42 Å². The molecular weight excluding hydrogens is 305 g/mol. The number of alkyl carbamates (subject to hydrolysis) is 1. The van der Waals surface area contributed by atoms with Crippen molar-refractivity contribution in [3.8, 4) is 0 Å². The van der Waals surface area contributed by atoms with E-state index in [4.69, 9.17) is 0 Å². The molecule has 0 unspecified atom stereocenters. The van der Waals surface area contributed by atoms with Gasteiger partial charge in [-0.3, -0.25) is 4.40 Å². The summed E-state index contributed by atoms with van der Waals surface area (Å²) in [5.74, 6) is 0. The molecule has 120 valence electrons. The number of hydrogen-bond donors (Lipinski definition) is 1. The van der Waals surface area contributed by atoms with Gasteiger partial charge in [0.15, 0.2) is 12.3 Å². The number of alkyl halides is 3. The fourth-order valence-electron chi connectivity index (χ4n) is 1.73. The van der Waals surface area contributed by atoms with Crippen molar-refractivity contribution < 1.29 is 22.7 Å². The van der Waals surface area contributed by atoms with Gasteiger partial charge in [-0.15, -0.1) is 5.10 Å². The van der Waals surface area contributed by atoms with Crippen LogP contribution in [0.15, 0.2) is 29.2 Å². The van der Waals surface area contributed by atoms with Crippen molar-refractivity contribution in [2.45, 2.75) is 19.1 Å². The van der Waals surface area contributed by atoms with Crippen LogP contribution in [0, 0.1) is 0 Å². The molecule has 2 aromatic heterocycles. The van der Waals surface area contributed by atoms with E-state index in [0.717, 1.165) is 0 Å². The van der Waals surface area contributed by atoms with Gasteiger partial charge in [0.25, 0.3) is 0 Å². The minimum absolute atomic E-state index is 0.0665. The number of aryl methyl sites for hydroxylation is 1. The topological polar surface area (TPSA) is 77.6 Å². The molecule has 0 atom stereocenters. The SMILES string of the molecule is O=C(NCCCn1nc2ccccn2c1=O)OCC(F)(F)F. The van der Waals surface area contributed by atoms with Gasteiger partial charge in [0, 0.05) is 19.3 Å². The van der Waals surface area contributed by atoms with E-state index in [9.17, 15) is 22.8 Å². The van der Waals surface area contributed by atoms with Crippen molar-refractivity contribution in [3.63, 3.8) is 0 Å². The number of aromatic nitrogens is 3. The maximum absolute atomic E-state index is 11.9. The molecule has 0 fully saturated rings. The highest BCUT2D eigenvalue weighted by Crippen LogP contribution is 2.14. The number of hydrogen-bond acceptors (Lipinski definition) is 4. The van der Waals surface area contributed by atoms with Gasteiger partial charge < -0.3 is 10.1 Å². The number of amides is 1. The number of rotatable bonds is 5. The third-order valence-corrected chi connectivity index (χ3v) is 2.67. The van der Waals surface area contributed by atoms with Gasteiger partial charge in [0.2, 0.25) is 0 Å². The zero-order valence-corrected chi connectivity index (χ0v) is 11.3. The molecule has 0 spiro atoms. The molecule has 0 saturated heterocycles. The van der Waals surface area contributed by atoms with Crippen LogP contribution in [0.2, 0.25) is 0 Å². The number of pyridine rings is 1. The molecule has 0 aliphatic rings. The molecule has 2 heterocycles. The predicted octanol–water partition coefficient (Wildman–Crippen LogP) is 1.17. The number of halogens is 3.